The van der Waals surface area contributed by atoms with Gasteiger partial charge < -0.3 is 14.6 Å². The first-order valence-corrected chi connectivity index (χ1v) is 8.83. The van der Waals surface area contributed by atoms with E-state index < -0.39 is 6.10 Å². The molecule has 0 aliphatic carbocycles. The lowest BCUT2D eigenvalue weighted by Crippen LogP contribution is -2.32. The van der Waals surface area contributed by atoms with Gasteiger partial charge in [-0.15, -0.1) is 0 Å². The van der Waals surface area contributed by atoms with Crippen LogP contribution in [0.1, 0.15) is 12.5 Å². The highest BCUT2D eigenvalue weighted by Crippen LogP contribution is 2.18. The van der Waals surface area contributed by atoms with Crippen LogP contribution < -0.4 is 9.47 Å². The van der Waals surface area contributed by atoms with E-state index >= 15 is 0 Å². The molecule has 0 saturated carbocycles. The number of benzene rings is 2. The summed E-state index contributed by atoms with van der Waals surface area (Å²) < 4.78 is 12.0. The number of halogens is 1. The smallest absolute Gasteiger partial charge is 0.120 e. The molecule has 0 aliphatic heterocycles. The van der Waals surface area contributed by atoms with E-state index in [-0.39, 0.29) is 6.61 Å². The second-order valence-electron chi connectivity index (χ2n) is 5.70. The van der Waals surface area contributed by atoms with Crippen LogP contribution in [0, 0.1) is 0 Å². The van der Waals surface area contributed by atoms with Crippen LogP contribution in [0.15, 0.2) is 53.0 Å². The van der Waals surface area contributed by atoms with Crippen LogP contribution in [-0.4, -0.2) is 42.9 Å². The van der Waals surface area contributed by atoms with E-state index in [1.54, 1.807) is 0 Å². The molecule has 5 heteroatoms. The Labute approximate surface area is 152 Å². The molecule has 1 atom stereocenters. The highest BCUT2D eigenvalue weighted by molar-refractivity contribution is 9.10. The number of rotatable bonds is 9. The number of nitrogens with zero attached hydrogens (tertiary/aromatic N) is 1. The van der Waals surface area contributed by atoms with Gasteiger partial charge in [0.1, 0.15) is 24.2 Å². The molecule has 0 saturated heterocycles. The Bertz CT molecular complexity index is 618. The summed E-state index contributed by atoms with van der Waals surface area (Å²) in [5, 5.41) is 10.1. The molecule has 0 heterocycles. The summed E-state index contributed by atoms with van der Waals surface area (Å²) in [6, 6.07) is 15.6. The van der Waals surface area contributed by atoms with Crippen molar-refractivity contribution < 1.29 is 14.6 Å². The fraction of sp³-hybridized carbons (Fsp3) is 0.368. The van der Waals surface area contributed by atoms with Gasteiger partial charge in [0.2, 0.25) is 0 Å². The summed E-state index contributed by atoms with van der Waals surface area (Å²) in [6.07, 6.45) is -0.545. The fourth-order valence-corrected chi connectivity index (χ4v) is 2.77. The van der Waals surface area contributed by atoms with Crippen LogP contribution in [0.4, 0.5) is 0 Å². The van der Waals surface area contributed by atoms with E-state index in [0.29, 0.717) is 13.2 Å². The molecule has 0 aliphatic rings. The second-order valence-corrected chi connectivity index (χ2v) is 6.61. The predicted molar refractivity (Wildman–Crippen MR) is 99.6 cm³/mol. The number of ether oxygens (including phenoxy) is 2. The van der Waals surface area contributed by atoms with E-state index in [2.05, 4.69) is 20.8 Å². The molecule has 0 amide bonds. The van der Waals surface area contributed by atoms with Gasteiger partial charge in [-0.25, -0.2) is 0 Å². The average molecular weight is 394 g/mol. The summed E-state index contributed by atoms with van der Waals surface area (Å²) >= 11 is 3.40. The van der Waals surface area contributed by atoms with Gasteiger partial charge in [0.25, 0.3) is 0 Å². The van der Waals surface area contributed by atoms with Crippen molar-refractivity contribution in [2.75, 3.05) is 26.8 Å². The average Bonchev–Trinajstić information content (AvgIpc) is 2.55. The Balaban J connectivity index is 1.75. The zero-order valence-electron chi connectivity index (χ0n) is 14.1. The Hall–Kier alpha value is -1.56. The van der Waals surface area contributed by atoms with E-state index in [0.717, 1.165) is 22.5 Å². The zero-order valence-corrected chi connectivity index (χ0v) is 15.7. The quantitative estimate of drug-likeness (QED) is 0.704. The molecule has 0 radical (unpaired) electrons. The third-order valence-corrected chi connectivity index (χ3v) is 3.94. The predicted octanol–water partition coefficient (Wildman–Crippen LogP) is 3.72. The van der Waals surface area contributed by atoms with Crippen molar-refractivity contribution in [2.45, 2.75) is 19.6 Å². The van der Waals surface area contributed by atoms with Crippen molar-refractivity contribution in [2.24, 2.45) is 0 Å². The van der Waals surface area contributed by atoms with Crippen LogP contribution >= 0.6 is 15.9 Å². The van der Waals surface area contributed by atoms with Gasteiger partial charge in [0.05, 0.1) is 6.61 Å². The van der Waals surface area contributed by atoms with Gasteiger partial charge in [-0.05, 0) is 49.9 Å². The maximum absolute atomic E-state index is 10.1. The molecule has 130 valence electrons. The summed E-state index contributed by atoms with van der Waals surface area (Å²) in [5.74, 6) is 1.63. The van der Waals surface area contributed by atoms with E-state index in [9.17, 15) is 5.11 Å². The first kappa shape index (κ1) is 18.8. The minimum Gasteiger partial charge on any atom is -0.494 e. The third-order valence-electron chi connectivity index (χ3n) is 3.45. The first-order valence-electron chi connectivity index (χ1n) is 8.03. The van der Waals surface area contributed by atoms with E-state index in [1.807, 2.05) is 62.5 Å². The molecule has 0 spiro atoms. The lowest BCUT2D eigenvalue weighted by Gasteiger charge is -2.21. The highest BCUT2D eigenvalue weighted by atomic mass is 79.9. The topological polar surface area (TPSA) is 41.9 Å². The molecule has 4 nitrogen and oxygen atoms in total. The summed E-state index contributed by atoms with van der Waals surface area (Å²) in [5.41, 5.74) is 1.18. The van der Waals surface area contributed by atoms with E-state index in [4.69, 9.17) is 9.47 Å². The standard InChI is InChI=1S/C19H24BrNO3/c1-3-23-18-9-7-15(8-10-18)12-21(2)13-17(22)14-24-19-6-4-5-16(20)11-19/h4-11,17,22H,3,12-14H2,1-2H3/t17-/m1/s1. The monoisotopic (exact) mass is 393 g/mol. The summed E-state index contributed by atoms with van der Waals surface area (Å²) in [7, 11) is 1.98. The van der Waals surface area contributed by atoms with Gasteiger partial charge in [0.15, 0.2) is 0 Å². The summed E-state index contributed by atoms with van der Waals surface area (Å²) in [6.45, 7) is 4.22. The second kappa shape index (κ2) is 9.67. The number of aliphatic hydroxyl groups excluding tert-OH is 1. The van der Waals surface area contributed by atoms with Crippen LogP contribution in [0.2, 0.25) is 0 Å². The molecular weight excluding hydrogens is 370 g/mol. The third kappa shape index (κ3) is 6.51. The lowest BCUT2D eigenvalue weighted by atomic mass is 10.2. The highest BCUT2D eigenvalue weighted by Gasteiger charge is 2.10. The number of hydrogen-bond acceptors (Lipinski definition) is 4. The van der Waals surface area contributed by atoms with Crippen molar-refractivity contribution in [1.82, 2.24) is 4.90 Å². The minimum absolute atomic E-state index is 0.268. The van der Waals surface area contributed by atoms with Crippen LogP contribution in [-0.2, 0) is 6.54 Å². The molecule has 0 aromatic heterocycles. The van der Waals surface area contributed by atoms with Gasteiger partial charge in [-0.1, -0.05) is 34.1 Å². The molecular formula is C19H24BrNO3. The van der Waals surface area contributed by atoms with Crippen molar-refractivity contribution >= 4 is 15.9 Å². The number of likely N-dealkylation sites (N-methyl/N-ethyl adjacent to an activating group) is 1. The maximum atomic E-state index is 10.1. The van der Waals surface area contributed by atoms with Crippen LogP contribution in [0.5, 0.6) is 11.5 Å². The summed E-state index contributed by atoms with van der Waals surface area (Å²) in [4.78, 5) is 2.07. The first-order chi connectivity index (χ1) is 11.6. The molecule has 2 aromatic carbocycles. The van der Waals surface area contributed by atoms with Crippen molar-refractivity contribution in [3.63, 3.8) is 0 Å². The van der Waals surface area contributed by atoms with Crippen LogP contribution in [0.25, 0.3) is 0 Å². The van der Waals surface area contributed by atoms with Crippen molar-refractivity contribution in [3.05, 3.63) is 58.6 Å². The molecule has 0 bridgehead atoms. The zero-order chi connectivity index (χ0) is 17.4. The van der Waals surface area contributed by atoms with Gasteiger partial charge >= 0.3 is 0 Å². The molecule has 2 aromatic rings. The normalized spacial score (nSPS) is 12.2. The Morgan fingerprint density at radius 1 is 1.08 bits per heavy atom. The lowest BCUT2D eigenvalue weighted by molar-refractivity contribution is 0.0743. The van der Waals surface area contributed by atoms with Crippen LogP contribution in [0.3, 0.4) is 0 Å². The SMILES string of the molecule is CCOc1ccc(CN(C)C[C@@H](O)COc2cccc(Br)c2)cc1. The molecule has 2 rings (SSSR count). The van der Waals surface area contributed by atoms with Crippen molar-refractivity contribution in [3.8, 4) is 11.5 Å². The van der Waals surface area contributed by atoms with Gasteiger partial charge in [0, 0.05) is 17.6 Å². The Kier molecular flexibility index (Phi) is 7.56. The maximum Gasteiger partial charge on any atom is 0.120 e. The molecule has 0 unspecified atom stereocenters. The largest absolute Gasteiger partial charge is 0.494 e. The molecule has 0 fully saturated rings. The number of aliphatic hydroxyl groups is 1. The van der Waals surface area contributed by atoms with Gasteiger partial charge in [-0.3, -0.25) is 4.90 Å². The van der Waals surface area contributed by atoms with Gasteiger partial charge in [-0.2, -0.15) is 0 Å². The number of hydrogen-bond donors (Lipinski definition) is 1. The van der Waals surface area contributed by atoms with Crippen molar-refractivity contribution in [1.29, 1.82) is 0 Å². The Morgan fingerprint density at radius 3 is 2.50 bits per heavy atom. The minimum atomic E-state index is -0.545. The Morgan fingerprint density at radius 2 is 1.83 bits per heavy atom. The molecule has 1 N–H and O–H groups in total. The molecule has 24 heavy (non-hydrogen) atoms. The van der Waals surface area contributed by atoms with E-state index in [1.165, 1.54) is 5.56 Å². The fourth-order valence-electron chi connectivity index (χ4n) is 2.40.